The molecule has 2 rings (SSSR count). The molecule has 0 aromatic heterocycles. The Morgan fingerprint density at radius 3 is 2.57 bits per heavy atom. The minimum absolute atomic E-state index is 0.135. The second-order valence-electron chi connectivity index (χ2n) is 4.78. The van der Waals surface area contributed by atoms with Crippen LogP contribution in [0.4, 0.5) is 0 Å². The molecule has 0 aromatic rings. The predicted molar refractivity (Wildman–Crippen MR) is 53.9 cm³/mol. The van der Waals surface area contributed by atoms with Crippen LogP contribution in [0.15, 0.2) is 0 Å². The summed E-state index contributed by atoms with van der Waals surface area (Å²) < 4.78 is 0. The van der Waals surface area contributed by atoms with Gasteiger partial charge in [0.05, 0.1) is 0 Å². The maximum absolute atomic E-state index is 11.8. The molecule has 0 amide bonds. The highest BCUT2D eigenvalue weighted by molar-refractivity contribution is 5.87. The third-order valence-electron chi connectivity index (χ3n) is 3.99. The van der Waals surface area contributed by atoms with Crippen LogP contribution in [-0.4, -0.2) is 11.6 Å². The second kappa shape index (κ2) is 3.84. The molecule has 0 heterocycles. The van der Waals surface area contributed by atoms with E-state index in [0.29, 0.717) is 23.9 Å². The van der Waals surface area contributed by atoms with E-state index in [2.05, 4.69) is 0 Å². The average molecular weight is 194 g/mol. The maximum atomic E-state index is 11.8. The standard InChI is InChI=1S/C12H18O2/c1-8-9-4-2-3-5-12(14)10(9)6-7-11(8)13/h8-10H,2-7H2,1H3/t8?,9?,10-/m1/s1. The number of ketones is 2. The van der Waals surface area contributed by atoms with Crippen molar-refractivity contribution in [1.29, 1.82) is 0 Å². The van der Waals surface area contributed by atoms with E-state index in [-0.39, 0.29) is 11.8 Å². The molecule has 2 fully saturated rings. The molecule has 0 radical (unpaired) electrons. The predicted octanol–water partition coefficient (Wildman–Crippen LogP) is 2.36. The van der Waals surface area contributed by atoms with Gasteiger partial charge in [0.2, 0.25) is 0 Å². The highest BCUT2D eigenvalue weighted by Gasteiger charge is 2.39. The molecule has 2 unspecified atom stereocenters. The van der Waals surface area contributed by atoms with Crippen molar-refractivity contribution in [3.05, 3.63) is 0 Å². The summed E-state index contributed by atoms with van der Waals surface area (Å²) in [5.41, 5.74) is 0. The van der Waals surface area contributed by atoms with Gasteiger partial charge in [0.1, 0.15) is 11.6 Å². The van der Waals surface area contributed by atoms with Crippen LogP contribution in [0.25, 0.3) is 0 Å². The van der Waals surface area contributed by atoms with Gasteiger partial charge in [-0.05, 0) is 25.2 Å². The number of carbonyl (C=O) groups is 2. The van der Waals surface area contributed by atoms with Crippen molar-refractivity contribution in [1.82, 2.24) is 0 Å². The Morgan fingerprint density at radius 2 is 1.79 bits per heavy atom. The zero-order valence-electron chi connectivity index (χ0n) is 8.79. The van der Waals surface area contributed by atoms with E-state index in [1.54, 1.807) is 0 Å². The van der Waals surface area contributed by atoms with Crippen LogP contribution < -0.4 is 0 Å². The molecule has 0 spiro atoms. The van der Waals surface area contributed by atoms with Gasteiger partial charge in [-0.3, -0.25) is 9.59 Å². The van der Waals surface area contributed by atoms with Gasteiger partial charge in [0, 0.05) is 24.7 Å². The second-order valence-corrected chi connectivity index (χ2v) is 4.78. The van der Waals surface area contributed by atoms with Crippen molar-refractivity contribution in [2.75, 3.05) is 0 Å². The van der Waals surface area contributed by atoms with Crippen molar-refractivity contribution >= 4 is 11.6 Å². The minimum Gasteiger partial charge on any atom is -0.299 e. The first-order valence-corrected chi connectivity index (χ1v) is 5.75. The summed E-state index contributed by atoms with van der Waals surface area (Å²) in [5.74, 6) is 1.51. The summed E-state index contributed by atoms with van der Waals surface area (Å²) in [6.07, 6.45) is 5.46. The number of hydrogen-bond acceptors (Lipinski definition) is 2. The maximum Gasteiger partial charge on any atom is 0.136 e. The molecule has 2 aliphatic rings. The van der Waals surface area contributed by atoms with E-state index < -0.39 is 0 Å². The number of hydrogen-bond donors (Lipinski definition) is 0. The van der Waals surface area contributed by atoms with Gasteiger partial charge in [-0.25, -0.2) is 0 Å². The van der Waals surface area contributed by atoms with E-state index in [1.807, 2.05) is 6.92 Å². The fourth-order valence-corrected chi connectivity index (χ4v) is 3.04. The highest BCUT2D eigenvalue weighted by atomic mass is 16.1. The van der Waals surface area contributed by atoms with Gasteiger partial charge >= 0.3 is 0 Å². The van der Waals surface area contributed by atoms with E-state index in [4.69, 9.17) is 0 Å². The smallest absolute Gasteiger partial charge is 0.136 e. The topological polar surface area (TPSA) is 34.1 Å². The number of rotatable bonds is 0. The summed E-state index contributed by atoms with van der Waals surface area (Å²) in [7, 11) is 0. The Hall–Kier alpha value is -0.660. The fourth-order valence-electron chi connectivity index (χ4n) is 3.04. The Labute approximate surface area is 85.1 Å². The van der Waals surface area contributed by atoms with E-state index in [1.165, 1.54) is 0 Å². The van der Waals surface area contributed by atoms with Crippen molar-refractivity contribution in [2.24, 2.45) is 17.8 Å². The molecule has 0 aromatic carbocycles. The monoisotopic (exact) mass is 194 g/mol. The van der Waals surface area contributed by atoms with Crippen molar-refractivity contribution in [3.8, 4) is 0 Å². The molecule has 0 bridgehead atoms. The lowest BCUT2D eigenvalue weighted by Gasteiger charge is -2.33. The van der Waals surface area contributed by atoms with Crippen LogP contribution in [-0.2, 0) is 9.59 Å². The summed E-state index contributed by atoms with van der Waals surface area (Å²) in [5, 5.41) is 0. The number of carbonyl (C=O) groups excluding carboxylic acids is 2. The summed E-state index contributed by atoms with van der Waals surface area (Å²) in [4.78, 5) is 23.3. The van der Waals surface area contributed by atoms with Gasteiger partial charge in [-0.2, -0.15) is 0 Å². The summed E-state index contributed by atoms with van der Waals surface area (Å²) >= 11 is 0. The van der Waals surface area contributed by atoms with Crippen LogP contribution >= 0.6 is 0 Å². The van der Waals surface area contributed by atoms with Gasteiger partial charge in [0.15, 0.2) is 0 Å². The highest BCUT2D eigenvalue weighted by Crippen LogP contribution is 2.39. The van der Waals surface area contributed by atoms with Crippen molar-refractivity contribution in [2.45, 2.75) is 45.4 Å². The molecule has 0 saturated heterocycles. The lowest BCUT2D eigenvalue weighted by atomic mass is 9.69. The normalized spacial score (nSPS) is 39.1. The molecule has 3 atom stereocenters. The molecular weight excluding hydrogens is 176 g/mol. The minimum atomic E-state index is 0.135. The SMILES string of the molecule is CC1C(=O)CC[C@H]2C(=O)CCCCC12. The number of fused-ring (bicyclic) bond motifs is 1. The lowest BCUT2D eigenvalue weighted by Crippen LogP contribution is -2.36. The van der Waals surface area contributed by atoms with E-state index in [9.17, 15) is 9.59 Å². The Balaban J connectivity index is 2.18. The van der Waals surface area contributed by atoms with Crippen molar-refractivity contribution < 1.29 is 9.59 Å². The quantitative estimate of drug-likeness (QED) is 0.593. The third-order valence-corrected chi connectivity index (χ3v) is 3.99. The van der Waals surface area contributed by atoms with Crippen LogP contribution in [0.3, 0.4) is 0 Å². The third kappa shape index (κ3) is 1.62. The first-order valence-electron chi connectivity index (χ1n) is 5.75. The molecule has 2 saturated carbocycles. The molecular formula is C12H18O2. The lowest BCUT2D eigenvalue weighted by molar-refractivity contribution is -0.133. The molecule has 14 heavy (non-hydrogen) atoms. The van der Waals surface area contributed by atoms with Gasteiger partial charge in [0.25, 0.3) is 0 Å². The Kier molecular flexibility index (Phi) is 2.71. The molecule has 2 aliphatic carbocycles. The summed E-state index contributed by atoms with van der Waals surface area (Å²) in [6.45, 7) is 2.01. The first kappa shape index (κ1) is 9.88. The molecule has 78 valence electrons. The largest absolute Gasteiger partial charge is 0.299 e. The van der Waals surface area contributed by atoms with Crippen molar-refractivity contribution in [3.63, 3.8) is 0 Å². The van der Waals surface area contributed by atoms with Crippen LogP contribution in [0.1, 0.15) is 45.4 Å². The van der Waals surface area contributed by atoms with E-state index >= 15 is 0 Å². The van der Waals surface area contributed by atoms with Crippen LogP contribution in [0, 0.1) is 17.8 Å². The average Bonchev–Trinajstić information content (AvgIpc) is 2.35. The van der Waals surface area contributed by atoms with Crippen LogP contribution in [0.2, 0.25) is 0 Å². The Morgan fingerprint density at radius 1 is 1.00 bits per heavy atom. The van der Waals surface area contributed by atoms with E-state index in [0.717, 1.165) is 32.1 Å². The van der Waals surface area contributed by atoms with Gasteiger partial charge in [-0.1, -0.05) is 13.3 Å². The molecule has 2 nitrogen and oxygen atoms in total. The van der Waals surface area contributed by atoms with Crippen LogP contribution in [0.5, 0.6) is 0 Å². The zero-order chi connectivity index (χ0) is 10.1. The first-order chi connectivity index (χ1) is 6.70. The zero-order valence-corrected chi connectivity index (χ0v) is 8.79. The number of Topliss-reactive ketones (excluding diaryl/α,β-unsaturated/α-hetero) is 2. The molecule has 0 N–H and O–H groups in total. The Bertz CT molecular complexity index is 257. The molecule has 2 heteroatoms. The van der Waals surface area contributed by atoms with Gasteiger partial charge in [-0.15, -0.1) is 0 Å². The summed E-state index contributed by atoms with van der Waals surface area (Å²) in [6, 6.07) is 0. The van der Waals surface area contributed by atoms with Gasteiger partial charge < -0.3 is 0 Å². The molecule has 0 aliphatic heterocycles. The fraction of sp³-hybridized carbons (Fsp3) is 0.833.